The Balaban J connectivity index is 2.82. The molecular weight excluding hydrogens is 148 g/mol. The van der Waals surface area contributed by atoms with Gasteiger partial charge in [0.2, 0.25) is 0 Å². The lowest BCUT2D eigenvalue weighted by Gasteiger charge is -2.05. The van der Waals surface area contributed by atoms with E-state index in [1.54, 1.807) is 11.3 Å². The number of aryl methyl sites for hydroxylation is 1. The molecule has 1 aromatic heterocycles. The van der Waals surface area contributed by atoms with Gasteiger partial charge in [-0.25, -0.2) is 4.89 Å². The van der Waals surface area contributed by atoms with E-state index in [1.165, 1.54) is 5.56 Å². The summed E-state index contributed by atoms with van der Waals surface area (Å²) < 4.78 is 0. The summed E-state index contributed by atoms with van der Waals surface area (Å²) in [6, 6.07) is 0. The minimum absolute atomic E-state index is 0.203. The highest BCUT2D eigenvalue weighted by Gasteiger charge is 2.07. The van der Waals surface area contributed by atoms with Crippen LogP contribution in [0.2, 0.25) is 0 Å². The molecule has 0 radical (unpaired) electrons. The summed E-state index contributed by atoms with van der Waals surface area (Å²) in [6.07, 6.45) is -0.203. The summed E-state index contributed by atoms with van der Waals surface area (Å²) in [7, 11) is 0. The second-order valence-electron chi connectivity index (χ2n) is 2.26. The molecule has 2 nitrogen and oxygen atoms in total. The molecule has 0 aliphatic heterocycles. The number of hydrogen-bond donors (Lipinski definition) is 1. The fourth-order valence-electron chi connectivity index (χ4n) is 0.844. The quantitative estimate of drug-likeness (QED) is 0.529. The Labute approximate surface area is 64.0 Å². The number of rotatable bonds is 2. The zero-order valence-corrected chi connectivity index (χ0v) is 6.81. The average Bonchev–Trinajstić information content (AvgIpc) is 2.34. The van der Waals surface area contributed by atoms with Gasteiger partial charge in [0.05, 0.1) is 0 Å². The topological polar surface area (TPSA) is 29.5 Å². The van der Waals surface area contributed by atoms with E-state index in [-0.39, 0.29) is 6.10 Å². The lowest BCUT2D eigenvalue weighted by molar-refractivity contribution is -0.277. The first-order valence-corrected chi connectivity index (χ1v) is 4.03. The highest BCUT2D eigenvalue weighted by molar-refractivity contribution is 7.08. The van der Waals surface area contributed by atoms with Crippen LogP contribution >= 0.6 is 11.3 Å². The van der Waals surface area contributed by atoms with Crippen LogP contribution < -0.4 is 0 Å². The van der Waals surface area contributed by atoms with Crippen molar-refractivity contribution in [3.8, 4) is 0 Å². The van der Waals surface area contributed by atoms with Crippen molar-refractivity contribution in [2.75, 3.05) is 0 Å². The fraction of sp³-hybridized carbons (Fsp3) is 0.429. The summed E-state index contributed by atoms with van der Waals surface area (Å²) in [5.74, 6) is 0. The molecule has 0 saturated heterocycles. The molecule has 0 fully saturated rings. The van der Waals surface area contributed by atoms with Crippen molar-refractivity contribution in [2.24, 2.45) is 0 Å². The highest BCUT2D eigenvalue weighted by Crippen LogP contribution is 2.22. The monoisotopic (exact) mass is 158 g/mol. The molecule has 0 amide bonds. The maximum Gasteiger partial charge on any atom is 0.116 e. The lowest BCUT2D eigenvalue weighted by Crippen LogP contribution is -1.95. The molecule has 0 aliphatic rings. The molecule has 0 bridgehead atoms. The van der Waals surface area contributed by atoms with E-state index in [9.17, 15) is 0 Å². The van der Waals surface area contributed by atoms with Gasteiger partial charge in [-0.15, -0.1) is 0 Å². The Bertz CT molecular complexity index is 207. The van der Waals surface area contributed by atoms with Gasteiger partial charge in [-0.3, -0.25) is 5.26 Å². The average molecular weight is 158 g/mol. The normalized spacial score (nSPS) is 13.5. The van der Waals surface area contributed by atoms with Crippen LogP contribution in [0.15, 0.2) is 10.8 Å². The number of hydrogen-bond acceptors (Lipinski definition) is 3. The fourth-order valence-corrected chi connectivity index (χ4v) is 1.78. The molecule has 56 valence electrons. The lowest BCUT2D eigenvalue weighted by atomic mass is 10.1. The van der Waals surface area contributed by atoms with Crippen LogP contribution in [0.1, 0.15) is 24.2 Å². The third kappa shape index (κ3) is 1.37. The zero-order valence-electron chi connectivity index (χ0n) is 6.00. The van der Waals surface area contributed by atoms with Crippen molar-refractivity contribution in [3.63, 3.8) is 0 Å². The molecule has 0 unspecified atom stereocenters. The van der Waals surface area contributed by atoms with Crippen molar-refractivity contribution in [3.05, 3.63) is 21.9 Å². The SMILES string of the molecule is Cc1cscc1[C@@H](C)OO. The van der Waals surface area contributed by atoms with Gasteiger partial charge in [-0.05, 0) is 35.7 Å². The van der Waals surface area contributed by atoms with E-state index in [4.69, 9.17) is 5.26 Å². The second-order valence-corrected chi connectivity index (χ2v) is 3.00. The molecule has 1 heterocycles. The zero-order chi connectivity index (χ0) is 7.56. The molecule has 0 aromatic carbocycles. The van der Waals surface area contributed by atoms with Crippen LogP contribution in [0, 0.1) is 6.92 Å². The molecule has 0 aliphatic carbocycles. The molecular formula is C7H10O2S. The van der Waals surface area contributed by atoms with Crippen molar-refractivity contribution < 1.29 is 10.1 Å². The van der Waals surface area contributed by atoms with Crippen LogP contribution in [0.4, 0.5) is 0 Å². The first-order valence-electron chi connectivity index (χ1n) is 3.08. The van der Waals surface area contributed by atoms with E-state index in [1.807, 2.05) is 24.6 Å². The Kier molecular flexibility index (Phi) is 2.43. The minimum Gasteiger partial charge on any atom is -0.251 e. The van der Waals surface area contributed by atoms with E-state index >= 15 is 0 Å². The Morgan fingerprint density at radius 1 is 1.60 bits per heavy atom. The summed E-state index contributed by atoms with van der Waals surface area (Å²) >= 11 is 1.62. The van der Waals surface area contributed by atoms with Gasteiger partial charge in [-0.1, -0.05) is 0 Å². The van der Waals surface area contributed by atoms with Crippen LogP contribution in [0.3, 0.4) is 0 Å². The van der Waals surface area contributed by atoms with Crippen LogP contribution in [0.5, 0.6) is 0 Å². The van der Waals surface area contributed by atoms with Crippen LogP contribution in [-0.2, 0) is 4.89 Å². The predicted molar refractivity (Wildman–Crippen MR) is 41.2 cm³/mol. The number of thiophene rings is 1. The molecule has 1 N–H and O–H groups in total. The van der Waals surface area contributed by atoms with Crippen molar-refractivity contribution in [1.82, 2.24) is 0 Å². The highest BCUT2D eigenvalue weighted by atomic mass is 32.1. The summed E-state index contributed by atoms with van der Waals surface area (Å²) in [4.78, 5) is 4.18. The summed E-state index contributed by atoms with van der Waals surface area (Å²) in [5, 5.41) is 12.4. The van der Waals surface area contributed by atoms with Gasteiger partial charge in [0.15, 0.2) is 0 Å². The van der Waals surface area contributed by atoms with Crippen molar-refractivity contribution in [2.45, 2.75) is 20.0 Å². The van der Waals surface area contributed by atoms with E-state index < -0.39 is 0 Å². The largest absolute Gasteiger partial charge is 0.251 e. The third-order valence-corrected chi connectivity index (χ3v) is 2.37. The maximum absolute atomic E-state index is 8.34. The molecule has 1 aromatic rings. The summed E-state index contributed by atoms with van der Waals surface area (Å²) in [5.41, 5.74) is 2.24. The smallest absolute Gasteiger partial charge is 0.116 e. The van der Waals surface area contributed by atoms with Gasteiger partial charge in [0.1, 0.15) is 6.10 Å². The van der Waals surface area contributed by atoms with Gasteiger partial charge in [0, 0.05) is 0 Å². The Morgan fingerprint density at radius 2 is 2.30 bits per heavy atom. The van der Waals surface area contributed by atoms with Gasteiger partial charge in [0.25, 0.3) is 0 Å². The van der Waals surface area contributed by atoms with E-state index in [0.29, 0.717) is 0 Å². The standard InChI is InChI=1S/C7H10O2S/c1-5-3-10-4-7(5)6(2)9-8/h3-4,6,8H,1-2H3/t6-/m1/s1. The van der Waals surface area contributed by atoms with Crippen LogP contribution in [0.25, 0.3) is 0 Å². The molecule has 1 atom stereocenters. The predicted octanol–water partition coefficient (Wildman–Crippen LogP) is 2.61. The first-order chi connectivity index (χ1) is 4.75. The first kappa shape index (κ1) is 7.72. The van der Waals surface area contributed by atoms with E-state index in [0.717, 1.165) is 5.56 Å². The Morgan fingerprint density at radius 3 is 2.70 bits per heavy atom. The molecule has 3 heteroatoms. The minimum atomic E-state index is -0.203. The molecule has 0 saturated carbocycles. The van der Waals surface area contributed by atoms with Gasteiger partial charge in [-0.2, -0.15) is 11.3 Å². The van der Waals surface area contributed by atoms with Crippen molar-refractivity contribution >= 4 is 11.3 Å². The summed E-state index contributed by atoms with van der Waals surface area (Å²) in [6.45, 7) is 3.82. The van der Waals surface area contributed by atoms with Gasteiger partial charge < -0.3 is 0 Å². The molecule has 10 heavy (non-hydrogen) atoms. The molecule has 1 rings (SSSR count). The Hall–Kier alpha value is -0.380. The maximum atomic E-state index is 8.34. The third-order valence-electron chi connectivity index (χ3n) is 1.49. The second kappa shape index (κ2) is 3.14. The molecule has 0 spiro atoms. The van der Waals surface area contributed by atoms with Crippen molar-refractivity contribution in [1.29, 1.82) is 0 Å². The van der Waals surface area contributed by atoms with E-state index in [2.05, 4.69) is 4.89 Å². The van der Waals surface area contributed by atoms with Gasteiger partial charge >= 0.3 is 0 Å². The van der Waals surface area contributed by atoms with Crippen LogP contribution in [-0.4, -0.2) is 5.26 Å².